The summed E-state index contributed by atoms with van der Waals surface area (Å²) in [7, 11) is 1.83. The van der Waals surface area contributed by atoms with Crippen molar-refractivity contribution in [2.24, 2.45) is 7.05 Å². The number of aromatic nitrogens is 5. The number of tetrazole rings is 1. The van der Waals surface area contributed by atoms with Gasteiger partial charge in [0.05, 0.1) is 6.61 Å². The van der Waals surface area contributed by atoms with E-state index in [1.807, 2.05) is 49.5 Å². The Bertz CT molecular complexity index is 974. The second-order valence-corrected chi connectivity index (χ2v) is 8.44. The zero-order valence-electron chi connectivity index (χ0n) is 17.3. The molecule has 3 heterocycles. The van der Waals surface area contributed by atoms with E-state index in [-0.39, 0.29) is 6.09 Å². The molecular weight excluding hydrogens is 416 g/mol. The van der Waals surface area contributed by atoms with Crippen LogP contribution in [-0.2, 0) is 13.5 Å². The van der Waals surface area contributed by atoms with Crippen molar-refractivity contribution in [2.75, 3.05) is 19.7 Å². The molecule has 0 unspecified atom stereocenters. The highest BCUT2D eigenvalue weighted by Crippen LogP contribution is 2.28. The molecule has 0 bridgehead atoms. The number of nitrogens with zero attached hydrogens (tertiary/aromatic N) is 6. The van der Waals surface area contributed by atoms with Gasteiger partial charge in [-0.15, -0.1) is 5.10 Å². The van der Waals surface area contributed by atoms with Crippen LogP contribution in [0.15, 0.2) is 53.8 Å². The number of ether oxygens (including phenoxy) is 2. The maximum absolute atomic E-state index is 12.5. The second kappa shape index (κ2) is 10.3. The Balaban J connectivity index is 1.19. The van der Waals surface area contributed by atoms with Gasteiger partial charge in [0, 0.05) is 44.1 Å². The molecule has 1 fully saturated rings. The van der Waals surface area contributed by atoms with Crippen LogP contribution < -0.4 is 9.47 Å². The lowest BCUT2D eigenvalue weighted by Crippen LogP contribution is -2.41. The molecule has 3 aromatic rings. The Hall–Kier alpha value is -3.14. The van der Waals surface area contributed by atoms with Crippen LogP contribution in [0.2, 0.25) is 0 Å². The minimum absolute atomic E-state index is 0.310. The van der Waals surface area contributed by atoms with Crippen LogP contribution in [-0.4, -0.2) is 61.1 Å². The maximum Gasteiger partial charge on any atom is 0.415 e. The summed E-state index contributed by atoms with van der Waals surface area (Å²) in [6.07, 6.45) is 3.89. The van der Waals surface area contributed by atoms with E-state index in [4.69, 9.17) is 9.47 Å². The summed E-state index contributed by atoms with van der Waals surface area (Å²) in [6.45, 7) is 1.85. The number of carbonyl (C=O) groups is 1. The highest BCUT2D eigenvalue weighted by molar-refractivity contribution is 7.99. The SMILES string of the molecule is Cn1nnnc1SC1CCN(C(=O)Oc2ccc(CCOc3ccccn3)cc2)CC1. The molecule has 0 aliphatic carbocycles. The van der Waals surface area contributed by atoms with Crippen LogP contribution in [0.4, 0.5) is 4.79 Å². The number of rotatable bonds is 7. The molecule has 0 saturated carbocycles. The van der Waals surface area contributed by atoms with Crippen molar-refractivity contribution in [2.45, 2.75) is 29.7 Å². The van der Waals surface area contributed by atoms with Crippen molar-refractivity contribution >= 4 is 17.9 Å². The van der Waals surface area contributed by atoms with Gasteiger partial charge in [0.1, 0.15) is 5.75 Å². The van der Waals surface area contributed by atoms with E-state index in [0.717, 1.165) is 30.0 Å². The van der Waals surface area contributed by atoms with Crippen LogP contribution in [0.5, 0.6) is 11.6 Å². The fourth-order valence-corrected chi connectivity index (χ4v) is 4.24. The molecule has 2 aromatic heterocycles. The first-order valence-corrected chi connectivity index (χ1v) is 11.0. The minimum atomic E-state index is -0.310. The van der Waals surface area contributed by atoms with Crippen molar-refractivity contribution in [3.8, 4) is 11.6 Å². The Labute approximate surface area is 184 Å². The number of piperidine rings is 1. The summed E-state index contributed by atoms with van der Waals surface area (Å²) >= 11 is 1.66. The number of thioether (sulfide) groups is 1. The number of hydrogen-bond donors (Lipinski definition) is 0. The number of carbonyl (C=O) groups excluding carboxylic acids is 1. The lowest BCUT2D eigenvalue weighted by Gasteiger charge is -2.30. The Morgan fingerprint density at radius 3 is 2.65 bits per heavy atom. The van der Waals surface area contributed by atoms with E-state index in [1.54, 1.807) is 27.5 Å². The van der Waals surface area contributed by atoms with Crippen molar-refractivity contribution in [3.63, 3.8) is 0 Å². The van der Waals surface area contributed by atoms with E-state index in [9.17, 15) is 4.79 Å². The van der Waals surface area contributed by atoms with Crippen LogP contribution in [0.25, 0.3) is 0 Å². The summed E-state index contributed by atoms with van der Waals surface area (Å²) < 4.78 is 12.8. The van der Waals surface area contributed by atoms with Gasteiger partial charge in [-0.1, -0.05) is 30.0 Å². The van der Waals surface area contributed by atoms with Gasteiger partial charge in [-0.25, -0.2) is 14.5 Å². The molecule has 0 N–H and O–H groups in total. The van der Waals surface area contributed by atoms with Crippen molar-refractivity contribution in [1.82, 2.24) is 30.1 Å². The van der Waals surface area contributed by atoms with Crippen molar-refractivity contribution in [1.29, 1.82) is 0 Å². The van der Waals surface area contributed by atoms with E-state index in [2.05, 4.69) is 20.5 Å². The average Bonchev–Trinajstić information content (AvgIpc) is 3.20. The van der Waals surface area contributed by atoms with Crippen molar-refractivity contribution < 1.29 is 14.3 Å². The Kier molecular flexibility index (Phi) is 6.98. The zero-order valence-corrected chi connectivity index (χ0v) is 18.1. The Morgan fingerprint density at radius 2 is 1.97 bits per heavy atom. The van der Waals surface area contributed by atoms with E-state index in [1.165, 1.54) is 0 Å². The lowest BCUT2D eigenvalue weighted by atomic mass is 10.1. The first-order valence-electron chi connectivity index (χ1n) is 10.2. The maximum atomic E-state index is 12.5. The number of likely N-dealkylation sites (tertiary alicyclic amines) is 1. The molecule has 0 spiro atoms. The molecule has 0 atom stereocenters. The van der Waals surface area contributed by atoms with E-state index < -0.39 is 0 Å². The Morgan fingerprint density at radius 1 is 1.16 bits per heavy atom. The topological polar surface area (TPSA) is 95.3 Å². The predicted octanol–water partition coefficient (Wildman–Crippen LogP) is 2.98. The quantitative estimate of drug-likeness (QED) is 0.553. The molecular formula is C21H24N6O3S. The summed E-state index contributed by atoms with van der Waals surface area (Å²) in [6, 6.07) is 13.1. The first-order chi connectivity index (χ1) is 15.2. The number of amides is 1. The van der Waals surface area contributed by atoms with Crippen LogP contribution in [0, 0.1) is 0 Å². The fraction of sp³-hybridized carbons (Fsp3) is 0.381. The average molecular weight is 441 g/mol. The molecule has 1 aromatic carbocycles. The smallest absolute Gasteiger partial charge is 0.415 e. The minimum Gasteiger partial charge on any atom is -0.477 e. The van der Waals surface area contributed by atoms with Gasteiger partial charge in [0.25, 0.3) is 0 Å². The molecule has 31 heavy (non-hydrogen) atoms. The third kappa shape index (κ3) is 5.94. The number of hydrogen-bond acceptors (Lipinski definition) is 8. The standard InChI is InChI=1S/C21H24N6O3S/c1-26-20(23-24-25-26)31-18-9-13-27(14-10-18)21(28)30-17-7-5-16(6-8-17)11-15-29-19-4-2-3-12-22-19/h2-8,12,18H,9-11,13-15H2,1H3. The van der Waals surface area contributed by atoms with Gasteiger partial charge >= 0.3 is 6.09 Å². The second-order valence-electron chi connectivity index (χ2n) is 7.17. The molecule has 1 aliphatic rings. The molecule has 1 aliphatic heterocycles. The van der Waals surface area contributed by atoms with Crippen LogP contribution >= 0.6 is 11.8 Å². The summed E-state index contributed by atoms with van der Waals surface area (Å²) in [4.78, 5) is 18.4. The number of benzene rings is 1. The number of aryl methyl sites for hydroxylation is 1. The highest BCUT2D eigenvalue weighted by Gasteiger charge is 2.26. The summed E-state index contributed by atoms with van der Waals surface area (Å²) in [5.41, 5.74) is 1.10. The zero-order chi connectivity index (χ0) is 21.5. The fourth-order valence-electron chi connectivity index (χ4n) is 3.22. The lowest BCUT2D eigenvalue weighted by molar-refractivity contribution is 0.143. The summed E-state index contributed by atoms with van der Waals surface area (Å²) in [5, 5.41) is 12.7. The molecule has 9 nitrogen and oxygen atoms in total. The van der Waals surface area contributed by atoms with Crippen LogP contribution in [0.3, 0.4) is 0 Å². The third-order valence-corrected chi connectivity index (χ3v) is 6.32. The van der Waals surface area contributed by atoms with Gasteiger partial charge in [-0.3, -0.25) is 0 Å². The first kappa shape index (κ1) is 21.1. The van der Waals surface area contributed by atoms with Crippen molar-refractivity contribution in [3.05, 3.63) is 54.2 Å². The van der Waals surface area contributed by atoms with Gasteiger partial charge in [-0.05, 0) is 47.0 Å². The number of pyridine rings is 1. The monoisotopic (exact) mass is 440 g/mol. The van der Waals surface area contributed by atoms with Gasteiger partial charge in [0.2, 0.25) is 11.0 Å². The van der Waals surface area contributed by atoms with Gasteiger partial charge in [-0.2, -0.15) is 0 Å². The van der Waals surface area contributed by atoms with E-state index in [0.29, 0.717) is 36.6 Å². The molecule has 10 heteroatoms. The molecule has 4 rings (SSSR count). The van der Waals surface area contributed by atoms with Gasteiger partial charge in [0.15, 0.2) is 0 Å². The molecule has 1 amide bonds. The van der Waals surface area contributed by atoms with Gasteiger partial charge < -0.3 is 14.4 Å². The van der Waals surface area contributed by atoms with Crippen LogP contribution in [0.1, 0.15) is 18.4 Å². The third-order valence-electron chi connectivity index (χ3n) is 4.96. The predicted molar refractivity (Wildman–Crippen MR) is 115 cm³/mol. The highest BCUT2D eigenvalue weighted by atomic mass is 32.2. The normalized spacial score (nSPS) is 14.4. The van der Waals surface area contributed by atoms with E-state index >= 15 is 0 Å². The largest absolute Gasteiger partial charge is 0.477 e. The molecule has 0 radical (unpaired) electrons. The molecule has 1 saturated heterocycles. The summed E-state index contributed by atoms with van der Waals surface area (Å²) in [5.74, 6) is 1.16. The molecule has 162 valence electrons.